The van der Waals surface area contributed by atoms with E-state index in [0.717, 1.165) is 47.9 Å². The number of aromatic amines is 1. The van der Waals surface area contributed by atoms with Gasteiger partial charge in [0.25, 0.3) is 0 Å². The van der Waals surface area contributed by atoms with Crippen molar-refractivity contribution in [2.24, 2.45) is 0 Å². The first-order valence-electron chi connectivity index (χ1n) is 10.9. The average molecular weight is 431 g/mol. The van der Waals surface area contributed by atoms with Crippen LogP contribution in [0.25, 0.3) is 17.0 Å². The number of carbonyl (C=O) groups excluding carboxylic acids is 2. The lowest BCUT2D eigenvalue weighted by molar-refractivity contribution is 0.101. The standard InChI is InChI=1S/C25H25N3O4/c1-31-18-8-9-21-19(13-18)15(14-26-21)11-23-24(29)20-12-17(7-10-22(20)32-23)28-25(30)27-16-5-3-2-4-6-16/h7-14,16,26H,2-6H2,1H3,(H2,27,28,30). The minimum Gasteiger partial charge on any atom is -0.497 e. The van der Waals surface area contributed by atoms with Crippen molar-refractivity contribution in [2.45, 2.75) is 38.1 Å². The molecule has 5 rings (SSSR count). The number of ether oxygens (including phenoxy) is 2. The Morgan fingerprint density at radius 1 is 1.16 bits per heavy atom. The van der Waals surface area contributed by atoms with Gasteiger partial charge < -0.3 is 25.1 Å². The molecule has 0 saturated heterocycles. The predicted molar refractivity (Wildman–Crippen MR) is 123 cm³/mol. The van der Waals surface area contributed by atoms with E-state index in [-0.39, 0.29) is 23.6 Å². The molecule has 7 nitrogen and oxygen atoms in total. The molecule has 0 atom stereocenters. The van der Waals surface area contributed by atoms with Gasteiger partial charge >= 0.3 is 6.03 Å². The van der Waals surface area contributed by atoms with Gasteiger partial charge in [-0.2, -0.15) is 0 Å². The average Bonchev–Trinajstić information content (AvgIpc) is 3.35. The lowest BCUT2D eigenvalue weighted by atomic mass is 9.96. The number of Topliss-reactive ketones (excluding diaryl/α,β-unsaturated/α-hetero) is 1. The fraction of sp³-hybridized carbons (Fsp3) is 0.280. The first kappa shape index (κ1) is 20.2. The molecular weight excluding hydrogens is 406 g/mol. The van der Waals surface area contributed by atoms with Crippen molar-refractivity contribution in [3.8, 4) is 11.5 Å². The highest BCUT2D eigenvalue weighted by Gasteiger charge is 2.28. The highest BCUT2D eigenvalue weighted by molar-refractivity contribution is 6.15. The molecule has 0 bridgehead atoms. The van der Waals surface area contributed by atoms with Crippen LogP contribution in [0.15, 0.2) is 48.4 Å². The van der Waals surface area contributed by atoms with Gasteiger partial charge in [0.2, 0.25) is 5.78 Å². The van der Waals surface area contributed by atoms with E-state index in [1.165, 1.54) is 6.42 Å². The topological polar surface area (TPSA) is 92.4 Å². The number of amides is 2. The van der Waals surface area contributed by atoms with Gasteiger partial charge in [-0.1, -0.05) is 19.3 Å². The number of methoxy groups -OCH3 is 1. The van der Waals surface area contributed by atoms with E-state index in [2.05, 4.69) is 15.6 Å². The zero-order valence-electron chi connectivity index (χ0n) is 17.9. The SMILES string of the molecule is COc1ccc2[nH]cc(C=C3Oc4ccc(NC(=O)NC5CCCCC5)cc4C3=O)c2c1. The van der Waals surface area contributed by atoms with Crippen LogP contribution in [0.2, 0.25) is 0 Å². The van der Waals surface area contributed by atoms with Crippen LogP contribution in [-0.4, -0.2) is 29.9 Å². The maximum absolute atomic E-state index is 13.0. The molecule has 2 heterocycles. The lowest BCUT2D eigenvalue weighted by Gasteiger charge is -2.22. The zero-order chi connectivity index (χ0) is 22.1. The minimum atomic E-state index is -0.244. The van der Waals surface area contributed by atoms with Gasteiger partial charge in [-0.05, 0) is 55.3 Å². The van der Waals surface area contributed by atoms with Crippen molar-refractivity contribution < 1.29 is 19.1 Å². The maximum Gasteiger partial charge on any atom is 0.319 e. The number of aromatic nitrogens is 1. The summed E-state index contributed by atoms with van der Waals surface area (Å²) in [5, 5.41) is 6.80. The van der Waals surface area contributed by atoms with E-state index < -0.39 is 0 Å². The molecular formula is C25H25N3O4. The Bertz CT molecular complexity index is 1220. The predicted octanol–water partition coefficient (Wildman–Crippen LogP) is 5.25. The van der Waals surface area contributed by atoms with Gasteiger partial charge in [-0.15, -0.1) is 0 Å². The lowest BCUT2D eigenvalue weighted by Crippen LogP contribution is -2.39. The van der Waals surface area contributed by atoms with Crippen molar-refractivity contribution in [1.29, 1.82) is 0 Å². The largest absolute Gasteiger partial charge is 0.497 e. The van der Waals surface area contributed by atoms with Crippen LogP contribution >= 0.6 is 0 Å². The number of hydrogen-bond acceptors (Lipinski definition) is 4. The number of benzene rings is 2. The molecule has 7 heteroatoms. The third-order valence-electron chi connectivity index (χ3n) is 6.07. The number of anilines is 1. The normalized spacial score (nSPS) is 17.3. The monoisotopic (exact) mass is 431 g/mol. The molecule has 1 aliphatic heterocycles. The molecule has 0 spiro atoms. The molecule has 1 fully saturated rings. The first-order valence-corrected chi connectivity index (χ1v) is 10.9. The minimum absolute atomic E-state index is 0.214. The van der Waals surface area contributed by atoms with Crippen molar-refractivity contribution in [3.05, 3.63) is 59.5 Å². The van der Waals surface area contributed by atoms with Gasteiger partial charge in [0, 0.05) is 34.4 Å². The van der Waals surface area contributed by atoms with Crippen LogP contribution in [0.5, 0.6) is 11.5 Å². The smallest absolute Gasteiger partial charge is 0.319 e. The molecule has 0 radical (unpaired) electrons. The van der Waals surface area contributed by atoms with Gasteiger partial charge in [0.05, 0.1) is 12.7 Å². The Morgan fingerprint density at radius 2 is 2.00 bits per heavy atom. The molecule has 3 N–H and O–H groups in total. The second-order valence-corrected chi connectivity index (χ2v) is 8.24. The summed E-state index contributed by atoms with van der Waals surface area (Å²) in [6, 6.07) is 10.8. The van der Waals surface area contributed by atoms with Gasteiger partial charge in [-0.25, -0.2) is 4.79 Å². The van der Waals surface area contributed by atoms with E-state index in [0.29, 0.717) is 17.0 Å². The second-order valence-electron chi connectivity index (χ2n) is 8.24. The number of allylic oxidation sites excluding steroid dienone is 1. The number of nitrogens with one attached hydrogen (secondary N) is 3. The summed E-state index contributed by atoms with van der Waals surface area (Å²) < 4.78 is 11.1. The Balaban J connectivity index is 1.33. The van der Waals surface area contributed by atoms with E-state index in [9.17, 15) is 9.59 Å². The number of fused-ring (bicyclic) bond motifs is 2. The van der Waals surface area contributed by atoms with Crippen LogP contribution < -0.4 is 20.1 Å². The van der Waals surface area contributed by atoms with E-state index in [1.807, 2.05) is 24.4 Å². The van der Waals surface area contributed by atoms with E-state index in [1.54, 1.807) is 31.4 Å². The third kappa shape index (κ3) is 3.93. The van der Waals surface area contributed by atoms with Crippen LogP contribution in [0, 0.1) is 0 Å². The van der Waals surface area contributed by atoms with E-state index in [4.69, 9.17) is 9.47 Å². The summed E-state index contributed by atoms with van der Waals surface area (Å²) in [6.45, 7) is 0. The fourth-order valence-electron chi connectivity index (χ4n) is 4.38. The maximum atomic E-state index is 13.0. The van der Waals surface area contributed by atoms with Crippen LogP contribution in [0.1, 0.15) is 48.0 Å². The molecule has 0 unspecified atom stereocenters. The molecule has 2 aromatic carbocycles. The summed E-state index contributed by atoms with van der Waals surface area (Å²) in [6.07, 6.45) is 9.11. The van der Waals surface area contributed by atoms with Gasteiger partial charge in [-0.3, -0.25) is 4.79 Å². The molecule has 3 aromatic rings. The van der Waals surface area contributed by atoms with Gasteiger partial charge in [0.15, 0.2) is 5.76 Å². The summed E-state index contributed by atoms with van der Waals surface area (Å²) >= 11 is 0. The highest BCUT2D eigenvalue weighted by Crippen LogP contribution is 2.35. The quantitative estimate of drug-likeness (QED) is 0.492. The molecule has 1 saturated carbocycles. The molecule has 1 aliphatic carbocycles. The molecule has 32 heavy (non-hydrogen) atoms. The molecule has 2 aliphatic rings. The Morgan fingerprint density at radius 3 is 2.81 bits per heavy atom. The number of urea groups is 1. The second kappa shape index (κ2) is 8.42. The summed E-state index contributed by atoms with van der Waals surface area (Å²) in [5.41, 5.74) is 2.77. The van der Waals surface area contributed by atoms with Crippen LogP contribution in [0.3, 0.4) is 0 Å². The number of rotatable bonds is 4. The summed E-state index contributed by atoms with van der Waals surface area (Å²) in [4.78, 5) is 28.5. The van der Waals surface area contributed by atoms with Crippen molar-refractivity contribution in [2.75, 3.05) is 12.4 Å². The molecule has 164 valence electrons. The Kier molecular flexibility index (Phi) is 5.31. The van der Waals surface area contributed by atoms with Crippen molar-refractivity contribution in [3.63, 3.8) is 0 Å². The molecule has 2 amide bonds. The van der Waals surface area contributed by atoms with Crippen LogP contribution in [-0.2, 0) is 0 Å². The summed E-state index contributed by atoms with van der Waals surface area (Å²) in [7, 11) is 1.62. The first-order chi connectivity index (χ1) is 15.6. The summed E-state index contributed by atoms with van der Waals surface area (Å²) in [5.74, 6) is 1.25. The molecule has 1 aromatic heterocycles. The van der Waals surface area contributed by atoms with Crippen LogP contribution in [0.4, 0.5) is 10.5 Å². The Hall–Kier alpha value is -3.74. The van der Waals surface area contributed by atoms with Crippen molar-refractivity contribution >= 4 is 34.5 Å². The van der Waals surface area contributed by atoms with E-state index >= 15 is 0 Å². The van der Waals surface area contributed by atoms with Gasteiger partial charge in [0.1, 0.15) is 11.5 Å². The Labute approximate surface area is 185 Å². The third-order valence-corrected chi connectivity index (χ3v) is 6.07. The number of hydrogen-bond donors (Lipinski definition) is 3. The highest BCUT2D eigenvalue weighted by atomic mass is 16.5. The van der Waals surface area contributed by atoms with Crippen molar-refractivity contribution in [1.82, 2.24) is 10.3 Å². The number of H-pyrrole nitrogens is 1. The number of carbonyl (C=O) groups is 2. The fourth-order valence-corrected chi connectivity index (χ4v) is 4.38. The number of ketones is 1. The zero-order valence-corrected chi connectivity index (χ0v) is 17.9.